The molecule has 1 saturated heterocycles. The van der Waals surface area contributed by atoms with E-state index in [4.69, 9.17) is 0 Å². The Kier molecular flexibility index (Phi) is 4.16. The normalized spacial score (nSPS) is 19.8. The van der Waals surface area contributed by atoms with Gasteiger partial charge >= 0.3 is 5.97 Å². The van der Waals surface area contributed by atoms with E-state index in [0.717, 1.165) is 19.4 Å². The van der Waals surface area contributed by atoms with Crippen molar-refractivity contribution in [1.29, 1.82) is 0 Å². The minimum Gasteiger partial charge on any atom is -0.480 e. The first kappa shape index (κ1) is 15.8. The maximum absolute atomic E-state index is 11.7. The molecule has 0 radical (unpaired) electrons. The average molecular weight is 358 g/mol. The molecule has 1 aromatic carbocycles. The van der Waals surface area contributed by atoms with Gasteiger partial charge in [0.25, 0.3) is 0 Å². The number of carbonyl (C=O) groups is 1. The summed E-state index contributed by atoms with van der Waals surface area (Å²) in [4.78, 5) is 16.4. The number of hydrogen-bond donors (Lipinski definition) is 1. The Labute approximate surface area is 149 Å². The van der Waals surface area contributed by atoms with Crippen LogP contribution in [0, 0.1) is 6.92 Å². The first-order valence-electron chi connectivity index (χ1n) is 8.16. The SMILES string of the molecule is Cc1ccsc1C(c1cc2ccccc2s1)N1CCCC1C(=O)O. The van der Waals surface area contributed by atoms with E-state index in [9.17, 15) is 9.90 Å². The zero-order chi connectivity index (χ0) is 16.7. The Bertz CT molecular complexity index is 849. The van der Waals surface area contributed by atoms with E-state index in [0.29, 0.717) is 0 Å². The molecular weight excluding hydrogens is 338 g/mol. The summed E-state index contributed by atoms with van der Waals surface area (Å²) < 4.78 is 1.26. The van der Waals surface area contributed by atoms with E-state index in [1.165, 1.54) is 25.4 Å². The average Bonchev–Trinajstić information content (AvgIpc) is 3.28. The van der Waals surface area contributed by atoms with Crippen LogP contribution in [0.1, 0.15) is 34.2 Å². The Morgan fingerprint density at radius 1 is 1.33 bits per heavy atom. The minimum absolute atomic E-state index is 0.0472. The fourth-order valence-corrected chi connectivity index (χ4v) is 5.94. The number of carboxylic acid groups (broad SMARTS) is 1. The highest BCUT2D eigenvalue weighted by molar-refractivity contribution is 7.19. The lowest BCUT2D eigenvalue weighted by Gasteiger charge is -2.30. The van der Waals surface area contributed by atoms with Crippen LogP contribution in [-0.2, 0) is 4.79 Å². The predicted octanol–water partition coefficient (Wildman–Crippen LogP) is 4.91. The van der Waals surface area contributed by atoms with Crippen LogP contribution in [0.15, 0.2) is 41.8 Å². The van der Waals surface area contributed by atoms with Crippen molar-refractivity contribution in [2.75, 3.05) is 6.54 Å². The van der Waals surface area contributed by atoms with Crippen LogP contribution < -0.4 is 0 Å². The topological polar surface area (TPSA) is 40.5 Å². The van der Waals surface area contributed by atoms with Gasteiger partial charge in [-0.3, -0.25) is 9.69 Å². The summed E-state index contributed by atoms with van der Waals surface area (Å²) in [6.07, 6.45) is 1.68. The van der Waals surface area contributed by atoms with Crippen molar-refractivity contribution in [3.8, 4) is 0 Å². The summed E-state index contributed by atoms with van der Waals surface area (Å²) in [5.41, 5.74) is 1.25. The van der Waals surface area contributed by atoms with Gasteiger partial charge in [0.15, 0.2) is 0 Å². The van der Waals surface area contributed by atoms with Gasteiger partial charge < -0.3 is 5.11 Å². The highest BCUT2D eigenvalue weighted by Crippen LogP contribution is 2.42. The number of aliphatic carboxylic acids is 1. The molecule has 3 nitrogen and oxygen atoms in total. The third-order valence-electron chi connectivity index (χ3n) is 4.78. The standard InChI is InChI=1S/C19H19NO2S2/c1-12-8-10-23-18(12)17(20-9-4-6-14(20)19(21)22)16-11-13-5-2-3-7-15(13)24-16/h2-3,5,7-8,10-11,14,17H,4,6,9H2,1H3,(H,21,22). The van der Waals surface area contributed by atoms with Gasteiger partial charge in [0, 0.05) is 21.0 Å². The molecule has 3 heterocycles. The third-order valence-corrected chi connectivity index (χ3v) is 7.01. The number of benzene rings is 1. The second kappa shape index (κ2) is 6.31. The smallest absolute Gasteiger partial charge is 0.320 e. The number of aryl methyl sites for hydroxylation is 1. The fourth-order valence-electron chi connectivity index (χ4n) is 3.61. The Morgan fingerprint density at radius 3 is 2.88 bits per heavy atom. The molecule has 0 aliphatic carbocycles. The lowest BCUT2D eigenvalue weighted by atomic mass is 10.1. The van der Waals surface area contributed by atoms with Crippen LogP contribution in [0.25, 0.3) is 10.1 Å². The number of carboxylic acids is 1. The Balaban J connectivity index is 1.84. The lowest BCUT2D eigenvalue weighted by Crippen LogP contribution is -2.38. The number of nitrogens with zero attached hydrogens (tertiary/aromatic N) is 1. The summed E-state index contributed by atoms with van der Waals surface area (Å²) in [6.45, 7) is 2.96. The molecule has 4 rings (SSSR count). The zero-order valence-electron chi connectivity index (χ0n) is 13.4. The molecule has 1 fully saturated rings. The molecule has 24 heavy (non-hydrogen) atoms. The van der Waals surface area contributed by atoms with Crippen LogP contribution in [-0.4, -0.2) is 28.6 Å². The summed E-state index contributed by atoms with van der Waals surface area (Å²) in [6, 6.07) is 12.4. The summed E-state index contributed by atoms with van der Waals surface area (Å²) in [7, 11) is 0. The van der Waals surface area contributed by atoms with Crippen LogP contribution in [0.2, 0.25) is 0 Å². The molecule has 3 aromatic rings. The van der Waals surface area contributed by atoms with E-state index in [2.05, 4.69) is 53.6 Å². The molecule has 2 atom stereocenters. The molecule has 0 saturated carbocycles. The van der Waals surface area contributed by atoms with Gasteiger partial charge in [0.1, 0.15) is 6.04 Å². The van der Waals surface area contributed by atoms with Crippen LogP contribution in [0.4, 0.5) is 0 Å². The largest absolute Gasteiger partial charge is 0.480 e. The van der Waals surface area contributed by atoms with Crippen molar-refractivity contribution < 1.29 is 9.90 Å². The van der Waals surface area contributed by atoms with E-state index in [1.807, 2.05) is 0 Å². The summed E-state index contributed by atoms with van der Waals surface area (Å²) in [5, 5.41) is 13.0. The fraction of sp³-hybridized carbons (Fsp3) is 0.316. The molecule has 0 bridgehead atoms. The molecule has 0 spiro atoms. The number of thiophene rings is 2. The van der Waals surface area contributed by atoms with Gasteiger partial charge in [-0.05, 0) is 54.3 Å². The number of likely N-dealkylation sites (tertiary alicyclic amines) is 1. The summed E-state index contributed by atoms with van der Waals surface area (Å²) in [5.74, 6) is -0.701. The summed E-state index contributed by atoms with van der Waals surface area (Å²) >= 11 is 3.52. The van der Waals surface area contributed by atoms with Crippen molar-refractivity contribution in [1.82, 2.24) is 4.90 Å². The first-order valence-corrected chi connectivity index (χ1v) is 9.86. The Hall–Kier alpha value is -1.69. The van der Waals surface area contributed by atoms with E-state index in [-0.39, 0.29) is 12.1 Å². The van der Waals surface area contributed by atoms with E-state index >= 15 is 0 Å². The zero-order valence-corrected chi connectivity index (χ0v) is 15.1. The molecular formula is C19H19NO2S2. The van der Waals surface area contributed by atoms with Crippen molar-refractivity contribution in [2.45, 2.75) is 31.8 Å². The maximum atomic E-state index is 11.7. The van der Waals surface area contributed by atoms with Gasteiger partial charge in [0.2, 0.25) is 0 Å². The van der Waals surface area contributed by atoms with E-state index < -0.39 is 5.97 Å². The van der Waals surface area contributed by atoms with Crippen LogP contribution in [0.3, 0.4) is 0 Å². The minimum atomic E-state index is -0.701. The van der Waals surface area contributed by atoms with Gasteiger partial charge in [-0.2, -0.15) is 0 Å². The van der Waals surface area contributed by atoms with Gasteiger partial charge in [-0.15, -0.1) is 22.7 Å². The number of fused-ring (bicyclic) bond motifs is 1. The third kappa shape index (κ3) is 2.66. The maximum Gasteiger partial charge on any atom is 0.320 e. The van der Waals surface area contributed by atoms with Gasteiger partial charge in [0.05, 0.1) is 6.04 Å². The molecule has 0 amide bonds. The van der Waals surface area contributed by atoms with Gasteiger partial charge in [-0.1, -0.05) is 18.2 Å². The molecule has 1 N–H and O–H groups in total. The van der Waals surface area contributed by atoms with Gasteiger partial charge in [-0.25, -0.2) is 0 Å². The van der Waals surface area contributed by atoms with Crippen molar-refractivity contribution in [2.24, 2.45) is 0 Å². The Morgan fingerprint density at radius 2 is 2.17 bits per heavy atom. The highest BCUT2D eigenvalue weighted by Gasteiger charge is 2.38. The molecule has 2 unspecified atom stereocenters. The predicted molar refractivity (Wildman–Crippen MR) is 100 cm³/mol. The lowest BCUT2D eigenvalue weighted by molar-refractivity contribution is -0.142. The quantitative estimate of drug-likeness (QED) is 0.721. The van der Waals surface area contributed by atoms with E-state index in [1.54, 1.807) is 22.7 Å². The van der Waals surface area contributed by atoms with Crippen molar-refractivity contribution >= 4 is 38.7 Å². The second-order valence-electron chi connectivity index (χ2n) is 6.29. The number of rotatable bonds is 4. The monoisotopic (exact) mass is 357 g/mol. The number of hydrogen-bond acceptors (Lipinski definition) is 4. The molecule has 1 aliphatic rings. The first-order chi connectivity index (χ1) is 11.6. The van der Waals surface area contributed by atoms with Crippen molar-refractivity contribution in [3.63, 3.8) is 0 Å². The molecule has 5 heteroatoms. The molecule has 1 aliphatic heterocycles. The van der Waals surface area contributed by atoms with Crippen molar-refractivity contribution in [3.05, 3.63) is 57.1 Å². The van der Waals surface area contributed by atoms with Crippen LogP contribution >= 0.6 is 22.7 Å². The second-order valence-corrected chi connectivity index (χ2v) is 8.35. The molecule has 2 aromatic heterocycles. The highest BCUT2D eigenvalue weighted by atomic mass is 32.1. The molecule has 124 valence electrons. The van der Waals surface area contributed by atoms with Crippen LogP contribution in [0.5, 0.6) is 0 Å².